The van der Waals surface area contributed by atoms with Crippen LogP contribution in [0.3, 0.4) is 0 Å². The van der Waals surface area contributed by atoms with Crippen molar-refractivity contribution in [3.05, 3.63) is 22.8 Å². The first-order valence-electron chi connectivity index (χ1n) is 6.52. The van der Waals surface area contributed by atoms with E-state index >= 15 is 0 Å². The van der Waals surface area contributed by atoms with E-state index in [0.717, 1.165) is 0 Å². The zero-order valence-electron chi connectivity index (χ0n) is 12.3. The topological polar surface area (TPSA) is 88.2 Å². The predicted molar refractivity (Wildman–Crippen MR) is 80.6 cm³/mol. The molecule has 6 heteroatoms. The third kappa shape index (κ3) is 4.08. The van der Waals surface area contributed by atoms with E-state index in [0.29, 0.717) is 12.1 Å². The van der Waals surface area contributed by atoms with E-state index in [9.17, 15) is 9.90 Å². The first-order chi connectivity index (χ1) is 9.15. The minimum absolute atomic E-state index is 0.120. The van der Waals surface area contributed by atoms with Crippen molar-refractivity contribution in [1.29, 1.82) is 0 Å². The fourth-order valence-electron chi connectivity index (χ4n) is 1.99. The Morgan fingerprint density at radius 2 is 2.15 bits per heavy atom. The van der Waals surface area contributed by atoms with Gasteiger partial charge in [-0.3, -0.25) is 4.79 Å². The zero-order valence-corrected chi connectivity index (χ0v) is 13.0. The van der Waals surface area contributed by atoms with Crippen LogP contribution in [-0.2, 0) is 0 Å². The van der Waals surface area contributed by atoms with Gasteiger partial charge in [0.15, 0.2) is 0 Å². The number of nitrogens with one attached hydrogen (secondary N) is 1. The molecule has 0 saturated heterocycles. The summed E-state index contributed by atoms with van der Waals surface area (Å²) < 4.78 is 0. The molecule has 0 radical (unpaired) electrons. The number of hydrogen-bond donors (Lipinski definition) is 3. The third-order valence-electron chi connectivity index (χ3n) is 3.27. The molecule has 1 unspecified atom stereocenters. The maximum Gasteiger partial charge on any atom is 0.252 e. The van der Waals surface area contributed by atoms with Crippen molar-refractivity contribution in [3.8, 4) is 0 Å². The van der Waals surface area contributed by atoms with Crippen LogP contribution in [0.15, 0.2) is 12.3 Å². The molecule has 0 fully saturated rings. The number of nitrogens with zero attached hydrogens (tertiary/aromatic N) is 1. The number of aromatic nitrogens is 1. The van der Waals surface area contributed by atoms with Crippen LogP contribution in [0.25, 0.3) is 0 Å². The number of carbonyl (C=O) groups is 1. The molecule has 0 bridgehead atoms. The summed E-state index contributed by atoms with van der Waals surface area (Å²) in [7, 11) is 0. The van der Waals surface area contributed by atoms with Gasteiger partial charge in [-0.25, -0.2) is 4.98 Å². The van der Waals surface area contributed by atoms with Crippen LogP contribution in [0.1, 0.15) is 38.1 Å². The van der Waals surface area contributed by atoms with Gasteiger partial charge in [0.2, 0.25) is 0 Å². The summed E-state index contributed by atoms with van der Waals surface area (Å²) in [6.07, 6.45) is 0.874. The van der Waals surface area contributed by atoms with Crippen LogP contribution in [0.2, 0.25) is 5.02 Å². The standard InChI is InChI=1S/C14H22ClN3O2/c1-8(2)11(19)14(3,4)7-18-13(20)9-5-10(15)12(16)17-6-9/h5-6,8,11,19H,7H2,1-4H3,(H2,16,17)(H,18,20). The average Bonchev–Trinajstić information content (AvgIpc) is 2.38. The molecule has 112 valence electrons. The van der Waals surface area contributed by atoms with E-state index < -0.39 is 11.5 Å². The molecular formula is C14H22ClN3O2. The quantitative estimate of drug-likeness (QED) is 0.777. The van der Waals surface area contributed by atoms with Gasteiger partial charge in [0.25, 0.3) is 5.91 Å². The highest BCUT2D eigenvalue weighted by atomic mass is 35.5. The molecule has 1 heterocycles. The number of amides is 1. The number of carbonyl (C=O) groups excluding carboxylic acids is 1. The zero-order chi connectivity index (χ0) is 15.5. The van der Waals surface area contributed by atoms with Gasteiger partial charge in [0, 0.05) is 18.2 Å². The molecule has 1 atom stereocenters. The molecule has 0 spiro atoms. The van der Waals surface area contributed by atoms with E-state index in [1.807, 2.05) is 27.7 Å². The Morgan fingerprint density at radius 3 is 2.65 bits per heavy atom. The van der Waals surface area contributed by atoms with Gasteiger partial charge >= 0.3 is 0 Å². The Hall–Kier alpha value is -1.33. The average molecular weight is 300 g/mol. The fraction of sp³-hybridized carbons (Fsp3) is 0.571. The number of rotatable bonds is 5. The summed E-state index contributed by atoms with van der Waals surface area (Å²) in [4.78, 5) is 15.9. The normalized spacial score (nSPS) is 13.3. The molecule has 1 amide bonds. The minimum Gasteiger partial charge on any atom is -0.392 e. The number of pyridine rings is 1. The Balaban J connectivity index is 2.69. The number of nitrogens with two attached hydrogens (primary N) is 1. The highest BCUT2D eigenvalue weighted by molar-refractivity contribution is 6.33. The van der Waals surface area contributed by atoms with Gasteiger partial charge in [0.1, 0.15) is 5.82 Å². The van der Waals surface area contributed by atoms with Crippen molar-refractivity contribution in [2.24, 2.45) is 11.3 Å². The lowest BCUT2D eigenvalue weighted by molar-refractivity contribution is 0.0138. The molecule has 5 nitrogen and oxygen atoms in total. The second-order valence-electron chi connectivity index (χ2n) is 5.95. The van der Waals surface area contributed by atoms with Gasteiger partial charge in [-0.2, -0.15) is 0 Å². The van der Waals surface area contributed by atoms with Crippen molar-refractivity contribution in [2.75, 3.05) is 12.3 Å². The summed E-state index contributed by atoms with van der Waals surface area (Å²) in [5.41, 5.74) is 5.42. The number of aliphatic hydroxyl groups excluding tert-OH is 1. The second kappa shape index (κ2) is 6.41. The summed E-state index contributed by atoms with van der Waals surface area (Å²) in [6.45, 7) is 8.06. The molecule has 0 aromatic carbocycles. The molecule has 0 aliphatic carbocycles. The molecule has 4 N–H and O–H groups in total. The molecular weight excluding hydrogens is 278 g/mol. The molecule has 20 heavy (non-hydrogen) atoms. The smallest absolute Gasteiger partial charge is 0.252 e. The van der Waals surface area contributed by atoms with Gasteiger partial charge < -0.3 is 16.2 Å². The lowest BCUT2D eigenvalue weighted by Crippen LogP contribution is -2.43. The van der Waals surface area contributed by atoms with Gasteiger partial charge in [0.05, 0.1) is 16.7 Å². The number of aliphatic hydroxyl groups is 1. The van der Waals surface area contributed by atoms with E-state index in [2.05, 4.69) is 10.3 Å². The molecule has 0 aliphatic heterocycles. The lowest BCUT2D eigenvalue weighted by Gasteiger charge is -2.33. The van der Waals surface area contributed by atoms with E-state index in [-0.39, 0.29) is 22.7 Å². The SMILES string of the molecule is CC(C)C(O)C(C)(C)CNC(=O)c1cnc(N)c(Cl)c1. The maximum atomic E-state index is 12.0. The summed E-state index contributed by atoms with van der Waals surface area (Å²) >= 11 is 5.83. The first kappa shape index (κ1) is 16.7. The van der Waals surface area contributed by atoms with Crippen LogP contribution in [0.5, 0.6) is 0 Å². The van der Waals surface area contributed by atoms with Gasteiger partial charge in [-0.15, -0.1) is 0 Å². The van der Waals surface area contributed by atoms with Gasteiger partial charge in [-0.05, 0) is 12.0 Å². The van der Waals surface area contributed by atoms with Gasteiger partial charge in [-0.1, -0.05) is 39.3 Å². The summed E-state index contributed by atoms with van der Waals surface area (Å²) in [5.74, 6) is 0.0248. The maximum absolute atomic E-state index is 12.0. The molecule has 1 aromatic heterocycles. The van der Waals surface area contributed by atoms with Crippen LogP contribution < -0.4 is 11.1 Å². The van der Waals surface area contributed by atoms with Crippen LogP contribution in [0, 0.1) is 11.3 Å². The summed E-state index contributed by atoms with van der Waals surface area (Å²) in [5, 5.41) is 13.1. The number of anilines is 1. The van der Waals surface area contributed by atoms with Crippen molar-refractivity contribution in [3.63, 3.8) is 0 Å². The van der Waals surface area contributed by atoms with Crippen molar-refractivity contribution < 1.29 is 9.90 Å². The Morgan fingerprint density at radius 1 is 1.55 bits per heavy atom. The second-order valence-corrected chi connectivity index (χ2v) is 6.36. The Labute approximate surface area is 124 Å². The highest BCUT2D eigenvalue weighted by Crippen LogP contribution is 2.25. The molecule has 1 rings (SSSR count). The number of hydrogen-bond acceptors (Lipinski definition) is 4. The minimum atomic E-state index is -0.504. The predicted octanol–water partition coefficient (Wildman–Crippen LogP) is 2.09. The van der Waals surface area contributed by atoms with E-state index in [4.69, 9.17) is 17.3 Å². The fourth-order valence-corrected chi connectivity index (χ4v) is 2.16. The van der Waals surface area contributed by atoms with E-state index in [1.165, 1.54) is 12.3 Å². The van der Waals surface area contributed by atoms with Crippen molar-refractivity contribution in [1.82, 2.24) is 10.3 Å². The molecule has 0 aliphatic rings. The number of nitrogen functional groups attached to an aromatic ring is 1. The Kier molecular flexibility index (Phi) is 5.36. The van der Waals surface area contributed by atoms with Crippen molar-refractivity contribution in [2.45, 2.75) is 33.8 Å². The van der Waals surface area contributed by atoms with Crippen LogP contribution in [-0.4, -0.2) is 28.6 Å². The summed E-state index contributed by atoms with van der Waals surface area (Å²) in [6, 6.07) is 1.48. The third-order valence-corrected chi connectivity index (χ3v) is 3.57. The highest BCUT2D eigenvalue weighted by Gasteiger charge is 2.30. The van der Waals surface area contributed by atoms with Crippen LogP contribution >= 0.6 is 11.6 Å². The Bertz CT molecular complexity index is 489. The van der Waals surface area contributed by atoms with Crippen molar-refractivity contribution >= 4 is 23.3 Å². The lowest BCUT2D eigenvalue weighted by atomic mass is 9.80. The van der Waals surface area contributed by atoms with E-state index in [1.54, 1.807) is 0 Å². The van der Waals surface area contributed by atoms with Crippen LogP contribution in [0.4, 0.5) is 5.82 Å². The molecule has 1 aromatic rings. The molecule has 0 saturated carbocycles. The monoisotopic (exact) mass is 299 g/mol. The number of halogens is 1. The first-order valence-corrected chi connectivity index (χ1v) is 6.90. The largest absolute Gasteiger partial charge is 0.392 e.